The van der Waals surface area contributed by atoms with Gasteiger partial charge in [0.15, 0.2) is 0 Å². The number of halogens is 1. The maximum absolute atomic E-state index is 5.48. The summed E-state index contributed by atoms with van der Waals surface area (Å²) >= 11 is 1.68. The smallest absolute Gasteiger partial charge is 0.0945 e. The lowest BCUT2D eigenvalue weighted by Gasteiger charge is -1.94. The summed E-state index contributed by atoms with van der Waals surface area (Å²) in [7, 11) is 0. The second-order valence-corrected chi connectivity index (χ2v) is 3.97. The van der Waals surface area contributed by atoms with Crippen molar-refractivity contribution in [3.8, 4) is 11.3 Å². The van der Waals surface area contributed by atoms with Crippen molar-refractivity contribution in [2.24, 2.45) is 5.73 Å². The Labute approximate surface area is 99.6 Å². The van der Waals surface area contributed by atoms with Crippen LogP contribution in [0.5, 0.6) is 0 Å². The molecule has 0 bridgehead atoms. The molecule has 0 aliphatic heterocycles. The normalized spacial score (nSPS) is 9.67. The van der Waals surface area contributed by atoms with Crippen LogP contribution in [0.25, 0.3) is 11.3 Å². The van der Waals surface area contributed by atoms with Crippen LogP contribution >= 0.6 is 11.3 Å². The van der Waals surface area contributed by atoms with E-state index in [-0.39, 0.29) is 12.4 Å². The van der Waals surface area contributed by atoms with Gasteiger partial charge in [-0.1, -0.05) is 30.3 Å². The van der Waals surface area contributed by atoms with Gasteiger partial charge in [-0.2, -0.15) is 0 Å². The quantitative estimate of drug-likeness (QED) is 0.771. The number of thiazole rings is 1. The summed E-state index contributed by atoms with van der Waals surface area (Å²) in [5.74, 6) is 0. The molecule has 0 aliphatic rings. The van der Waals surface area contributed by atoms with Gasteiger partial charge in [0.25, 0.3) is 0 Å². The van der Waals surface area contributed by atoms with E-state index in [9.17, 15) is 0 Å². The van der Waals surface area contributed by atoms with Crippen LogP contribution < -0.4 is 18.1 Å². The van der Waals surface area contributed by atoms with E-state index in [1.54, 1.807) is 11.3 Å². The Morgan fingerprint density at radius 1 is 1.20 bits per heavy atom. The first-order valence-electron chi connectivity index (χ1n) is 4.60. The lowest BCUT2D eigenvalue weighted by molar-refractivity contribution is -0.00000291. The van der Waals surface area contributed by atoms with Crippen LogP contribution in [0.3, 0.4) is 0 Å². The summed E-state index contributed by atoms with van der Waals surface area (Å²) in [4.78, 5) is 4.51. The molecule has 1 heterocycles. The lowest BCUT2D eigenvalue weighted by Crippen LogP contribution is -3.00. The maximum atomic E-state index is 5.48. The largest absolute Gasteiger partial charge is 1.00 e. The molecular formula is C11H12ClN2S-. The molecule has 0 aliphatic carbocycles. The first-order valence-corrected chi connectivity index (χ1v) is 5.48. The summed E-state index contributed by atoms with van der Waals surface area (Å²) in [6.07, 6.45) is 0.873. The van der Waals surface area contributed by atoms with Crippen LogP contribution in [0.2, 0.25) is 0 Å². The molecule has 80 valence electrons. The second-order valence-electron chi connectivity index (χ2n) is 3.03. The molecule has 0 radical (unpaired) electrons. The number of nitrogens with two attached hydrogens (primary N) is 1. The summed E-state index contributed by atoms with van der Waals surface area (Å²) in [6.45, 7) is 0.668. The van der Waals surface area contributed by atoms with Crippen LogP contribution in [-0.4, -0.2) is 11.5 Å². The summed E-state index contributed by atoms with van der Waals surface area (Å²) < 4.78 is 0. The molecule has 0 spiro atoms. The molecule has 2 N–H and O–H groups in total. The van der Waals surface area contributed by atoms with E-state index in [0.717, 1.165) is 17.1 Å². The third-order valence-corrected chi connectivity index (χ3v) is 2.89. The SMILES string of the molecule is NCCc1nc(-c2ccccc2)cs1.[Cl-]. The number of aromatic nitrogens is 1. The molecule has 2 aromatic rings. The Kier molecular flexibility index (Phi) is 4.75. The Morgan fingerprint density at radius 2 is 1.93 bits per heavy atom. The Hall–Kier alpha value is -0.900. The fraction of sp³-hybridized carbons (Fsp3) is 0.182. The van der Waals surface area contributed by atoms with Gasteiger partial charge in [0.1, 0.15) is 0 Å². The monoisotopic (exact) mass is 239 g/mol. The molecule has 0 unspecified atom stereocenters. The van der Waals surface area contributed by atoms with Crippen molar-refractivity contribution < 1.29 is 12.4 Å². The van der Waals surface area contributed by atoms with Crippen molar-refractivity contribution in [2.75, 3.05) is 6.54 Å². The minimum absolute atomic E-state index is 0. The average molecular weight is 240 g/mol. The Morgan fingerprint density at radius 3 is 2.60 bits per heavy atom. The van der Waals surface area contributed by atoms with Gasteiger partial charge in [0.2, 0.25) is 0 Å². The third kappa shape index (κ3) is 3.02. The highest BCUT2D eigenvalue weighted by Gasteiger charge is 2.02. The highest BCUT2D eigenvalue weighted by molar-refractivity contribution is 7.09. The highest BCUT2D eigenvalue weighted by Crippen LogP contribution is 2.21. The van der Waals surface area contributed by atoms with E-state index in [0.29, 0.717) is 6.54 Å². The zero-order valence-corrected chi connectivity index (χ0v) is 9.76. The number of rotatable bonds is 3. The number of hydrogen-bond acceptors (Lipinski definition) is 3. The molecule has 0 amide bonds. The topological polar surface area (TPSA) is 38.9 Å². The number of hydrogen-bond donors (Lipinski definition) is 1. The fourth-order valence-electron chi connectivity index (χ4n) is 1.29. The minimum atomic E-state index is 0. The van der Waals surface area contributed by atoms with Crippen LogP contribution in [0.1, 0.15) is 5.01 Å². The minimum Gasteiger partial charge on any atom is -1.00 e. The zero-order valence-electron chi connectivity index (χ0n) is 8.19. The summed E-state index contributed by atoms with van der Waals surface area (Å²) in [6, 6.07) is 10.2. The van der Waals surface area contributed by atoms with Gasteiger partial charge in [-0.15, -0.1) is 11.3 Å². The van der Waals surface area contributed by atoms with Gasteiger partial charge >= 0.3 is 0 Å². The van der Waals surface area contributed by atoms with E-state index in [4.69, 9.17) is 5.73 Å². The van der Waals surface area contributed by atoms with Gasteiger partial charge in [0, 0.05) is 17.4 Å². The second kappa shape index (κ2) is 5.85. The lowest BCUT2D eigenvalue weighted by atomic mass is 10.2. The molecule has 0 saturated carbocycles. The van der Waals surface area contributed by atoms with Crippen LogP contribution in [0.4, 0.5) is 0 Å². The molecule has 2 rings (SSSR count). The Balaban J connectivity index is 0.00000112. The molecule has 0 atom stereocenters. The molecule has 4 heteroatoms. The average Bonchev–Trinajstić information content (AvgIpc) is 2.68. The zero-order chi connectivity index (χ0) is 9.80. The van der Waals surface area contributed by atoms with Crippen molar-refractivity contribution in [1.29, 1.82) is 0 Å². The summed E-state index contributed by atoms with van der Waals surface area (Å²) in [5, 5.41) is 3.20. The standard InChI is InChI=1S/C11H12N2S.ClH/c12-7-6-11-13-10(8-14-11)9-4-2-1-3-5-9;/h1-5,8H,6-7,12H2;1H/p-1. The molecular weight excluding hydrogens is 228 g/mol. The van der Waals surface area contributed by atoms with Crippen molar-refractivity contribution in [1.82, 2.24) is 4.98 Å². The van der Waals surface area contributed by atoms with E-state index in [1.807, 2.05) is 18.2 Å². The molecule has 2 nitrogen and oxygen atoms in total. The van der Waals surface area contributed by atoms with Gasteiger partial charge in [0.05, 0.1) is 10.7 Å². The first-order chi connectivity index (χ1) is 6.90. The first kappa shape index (κ1) is 12.2. The van der Waals surface area contributed by atoms with E-state index in [2.05, 4.69) is 22.5 Å². The van der Waals surface area contributed by atoms with Crippen molar-refractivity contribution in [3.63, 3.8) is 0 Å². The number of benzene rings is 1. The predicted octanol–water partition coefficient (Wildman–Crippen LogP) is -0.685. The molecule has 0 saturated heterocycles. The third-order valence-electron chi connectivity index (χ3n) is 1.98. The van der Waals surface area contributed by atoms with Gasteiger partial charge in [-0.25, -0.2) is 4.98 Å². The molecule has 1 aromatic heterocycles. The molecule has 15 heavy (non-hydrogen) atoms. The van der Waals surface area contributed by atoms with E-state index >= 15 is 0 Å². The van der Waals surface area contributed by atoms with Crippen LogP contribution in [0, 0.1) is 0 Å². The van der Waals surface area contributed by atoms with Crippen molar-refractivity contribution >= 4 is 11.3 Å². The van der Waals surface area contributed by atoms with E-state index < -0.39 is 0 Å². The highest BCUT2D eigenvalue weighted by atomic mass is 35.5. The van der Waals surface area contributed by atoms with Crippen molar-refractivity contribution in [2.45, 2.75) is 6.42 Å². The molecule has 0 fully saturated rings. The van der Waals surface area contributed by atoms with Crippen LogP contribution in [0.15, 0.2) is 35.7 Å². The van der Waals surface area contributed by atoms with Crippen molar-refractivity contribution in [3.05, 3.63) is 40.7 Å². The predicted molar refractivity (Wildman–Crippen MR) is 60.3 cm³/mol. The van der Waals surface area contributed by atoms with Crippen LogP contribution in [-0.2, 0) is 6.42 Å². The Bertz CT molecular complexity index is 400. The van der Waals surface area contributed by atoms with Gasteiger partial charge in [-0.3, -0.25) is 0 Å². The molecule has 1 aromatic carbocycles. The summed E-state index contributed by atoms with van der Waals surface area (Å²) in [5.41, 5.74) is 7.70. The van der Waals surface area contributed by atoms with Gasteiger partial charge < -0.3 is 18.1 Å². The fourth-order valence-corrected chi connectivity index (χ4v) is 2.11. The van der Waals surface area contributed by atoms with E-state index in [1.165, 1.54) is 5.56 Å². The maximum Gasteiger partial charge on any atom is 0.0945 e. The van der Waals surface area contributed by atoms with Gasteiger partial charge in [-0.05, 0) is 6.54 Å². The number of nitrogens with zero attached hydrogens (tertiary/aromatic N) is 1.